The molecule has 2 aromatic heterocycles. The summed E-state index contributed by atoms with van der Waals surface area (Å²) in [5.41, 5.74) is 3.76. The van der Waals surface area contributed by atoms with Crippen molar-refractivity contribution in [3.63, 3.8) is 0 Å². The van der Waals surface area contributed by atoms with Crippen molar-refractivity contribution < 1.29 is 8.42 Å². The smallest absolute Gasteiger partial charge is 0.163 e. The molecule has 28 heavy (non-hydrogen) atoms. The average molecular weight is 410 g/mol. The number of hydrogen-bond donors (Lipinski definition) is 1. The highest BCUT2D eigenvalue weighted by atomic mass is 32.2. The molecule has 0 unspecified atom stereocenters. The molecular weight excluding hydrogens is 390 g/mol. The van der Waals surface area contributed by atoms with Gasteiger partial charge in [-0.3, -0.25) is 0 Å². The molecule has 2 heterocycles. The molecule has 0 amide bonds. The molecule has 5 nitrogen and oxygen atoms in total. The fraction of sp³-hybridized carbons (Fsp3) is 0.143. The van der Waals surface area contributed by atoms with Crippen LogP contribution in [-0.2, 0) is 16.3 Å². The maximum absolute atomic E-state index is 11.3. The Labute approximate surface area is 168 Å². The summed E-state index contributed by atoms with van der Waals surface area (Å²) in [4.78, 5) is 9.41. The van der Waals surface area contributed by atoms with E-state index in [1.807, 2.05) is 65.4 Å². The molecule has 0 aliphatic rings. The number of sulfone groups is 1. The van der Waals surface area contributed by atoms with Crippen molar-refractivity contribution in [3.05, 3.63) is 70.9 Å². The number of benzene rings is 2. The Morgan fingerprint density at radius 3 is 2.50 bits per heavy atom. The summed E-state index contributed by atoms with van der Waals surface area (Å²) in [6, 6.07) is 17.7. The molecule has 2 aromatic carbocycles. The quantitative estimate of drug-likeness (QED) is 0.500. The third-order valence-corrected chi connectivity index (χ3v) is 5.99. The molecule has 0 atom stereocenters. The number of fused-ring (bicyclic) bond motifs is 1. The first-order valence-electron chi connectivity index (χ1n) is 8.81. The van der Waals surface area contributed by atoms with Crippen molar-refractivity contribution in [2.24, 2.45) is 0 Å². The van der Waals surface area contributed by atoms with Crippen molar-refractivity contribution >= 4 is 43.6 Å². The largest absolute Gasteiger partial charge is 0.340 e. The molecule has 0 saturated carbocycles. The molecule has 0 saturated heterocycles. The van der Waals surface area contributed by atoms with Crippen LogP contribution in [0.4, 0.5) is 11.5 Å². The Kier molecular flexibility index (Phi) is 5.11. The van der Waals surface area contributed by atoms with Gasteiger partial charge in [-0.05, 0) is 47.7 Å². The van der Waals surface area contributed by atoms with Gasteiger partial charge in [-0.1, -0.05) is 24.3 Å². The lowest BCUT2D eigenvalue weighted by Crippen LogP contribution is -2.05. The fourth-order valence-corrected chi connectivity index (χ4v) is 4.13. The second-order valence-electron chi connectivity index (χ2n) is 6.63. The van der Waals surface area contributed by atoms with Gasteiger partial charge >= 0.3 is 0 Å². The Morgan fingerprint density at radius 2 is 1.79 bits per heavy atom. The Bertz CT molecular complexity index is 1200. The monoisotopic (exact) mass is 409 g/mol. The number of nitrogens with zero attached hydrogens (tertiary/aromatic N) is 2. The van der Waals surface area contributed by atoms with Gasteiger partial charge in [0.05, 0.1) is 11.3 Å². The number of nitrogens with one attached hydrogen (secondary N) is 1. The van der Waals surface area contributed by atoms with E-state index in [1.165, 1.54) is 6.26 Å². The molecule has 0 spiro atoms. The van der Waals surface area contributed by atoms with Crippen LogP contribution < -0.4 is 5.32 Å². The zero-order chi connectivity index (χ0) is 19.6. The summed E-state index contributed by atoms with van der Waals surface area (Å²) in [6.45, 7) is 0. The second kappa shape index (κ2) is 7.69. The molecule has 0 fully saturated rings. The first-order chi connectivity index (χ1) is 13.5. The number of rotatable bonds is 6. The summed E-state index contributed by atoms with van der Waals surface area (Å²) >= 11 is 1.61. The van der Waals surface area contributed by atoms with E-state index < -0.39 is 9.84 Å². The minimum absolute atomic E-state index is 0.153. The number of aryl methyl sites for hydroxylation is 1. The van der Waals surface area contributed by atoms with E-state index in [0.29, 0.717) is 12.2 Å². The third kappa shape index (κ3) is 4.37. The second-order valence-corrected chi connectivity index (χ2v) is 9.67. The maximum atomic E-state index is 11.3. The van der Waals surface area contributed by atoms with Gasteiger partial charge in [-0.2, -0.15) is 11.3 Å². The molecule has 0 radical (unpaired) electrons. The van der Waals surface area contributed by atoms with Crippen LogP contribution in [0.2, 0.25) is 0 Å². The summed E-state index contributed by atoms with van der Waals surface area (Å²) in [7, 11) is -2.96. The maximum Gasteiger partial charge on any atom is 0.163 e. The highest BCUT2D eigenvalue weighted by molar-refractivity contribution is 7.90. The van der Waals surface area contributed by atoms with Crippen LogP contribution in [0.1, 0.15) is 5.56 Å². The van der Waals surface area contributed by atoms with E-state index in [-0.39, 0.29) is 5.75 Å². The Balaban J connectivity index is 1.64. The van der Waals surface area contributed by atoms with Crippen molar-refractivity contribution in [2.75, 3.05) is 17.3 Å². The van der Waals surface area contributed by atoms with E-state index in [1.54, 1.807) is 11.3 Å². The topological polar surface area (TPSA) is 72.0 Å². The van der Waals surface area contributed by atoms with Crippen LogP contribution in [-0.4, -0.2) is 30.4 Å². The highest BCUT2D eigenvalue weighted by Gasteiger charge is 2.10. The van der Waals surface area contributed by atoms with Gasteiger partial charge in [0, 0.05) is 28.3 Å². The molecule has 4 rings (SSSR count). The van der Waals surface area contributed by atoms with Gasteiger partial charge in [0.1, 0.15) is 15.7 Å². The van der Waals surface area contributed by atoms with E-state index >= 15 is 0 Å². The minimum Gasteiger partial charge on any atom is -0.340 e. The molecule has 0 aliphatic carbocycles. The molecule has 1 N–H and O–H groups in total. The van der Waals surface area contributed by atoms with Gasteiger partial charge in [0.15, 0.2) is 5.82 Å². The van der Waals surface area contributed by atoms with Crippen LogP contribution in [0.5, 0.6) is 0 Å². The Morgan fingerprint density at radius 1 is 1.00 bits per heavy atom. The number of anilines is 2. The van der Waals surface area contributed by atoms with Gasteiger partial charge in [0.2, 0.25) is 0 Å². The van der Waals surface area contributed by atoms with E-state index in [9.17, 15) is 8.42 Å². The molecule has 0 bridgehead atoms. The summed E-state index contributed by atoms with van der Waals surface area (Å²) in [6.07, 6.45) is 1.77. The minimum atomic E-state index is -2.96. The van der Waals surface area contributed by atoms with Crippen LogP contribution in [0.15, 0.2) is 65.4 Å². The first-order valence-corrected chi connectivity index (χ1v) is 11.8. The lowest BCUT2D eigenvalue weighted by molar-refractivity contribution is 0.601. The normalized spacial score (nSPS) is 11.6. The number of para-hydroxylation sites is 1. The van der Waals surface area contributed by atoms with Gasteiger partial charge in [-0.15, -0.1) is 0 Å². The van der Waals surface area contributed by atoms with Crippen LogP contribution in [0, 0.1) is 0 Å². The van der Waals surface area contributed by atoms with Gasteiger partial charge in [0.25, 0.3) is 0 Å². The standard InChI is InChI=1S/C21H19N3O2S2/c1-28(25,26)13-11-15-6-8-17(9-7-15)22-21-18-4-2-3-5-19(18)23-20(24-21)16-10-12-27-14-16/h2-10,12,14H,11,13H2,1H3,(H,22,23,24). The van der Waals surface area contributed by atoms with Crippen molar-refractivity contribution in [2.45, 2.75) is 6.42 Å². The van der Waals surface area contributed by atoms with Crippen LogP contribution >= 0.6 is 11.3 Å². The first kappa shape index (κ1) is 18.6. The molecule has 7 heteroatoms. The van der Waals surface area contributed by atoms with E-state index in [0.717, 1.165) is 33.5 Å². The highest BCUT2D eigenvalue weighted by Crippen LogP contribution is 2.28. The molecular formula is C21H19N3O2S2. The van der Waals surface area contributed by atoms with Gasteiger partial charge < -0.3 is 5.32 Å². The zero-order valence-electron chi connectivity index (χ0n) is 15.3. The van der Waals surface area contributed by atoms with Gasteiger partial charge in [-0.25, -0.2) is 18.4 Å². The number of thiophene rings is 1. The molecule has 0 aliphatic heterocycles. The summed E-state index contributed by atoms with van der Waals surface area (Å²) < 4.78 is 22.7. The SMILES string of the molecule is CS(=O)(=O)CCc1ccc(Nc2nc(-c3ccsc3)nc3ccccc23)cc1. The van der Waals surface area contributed by atoms with Crippen molar-refractivity contribution in [3.8, 4) is 11.4 Å². The number of aromatic nitrogens is 2. The number of hydrogen-bond acceptors (Lipinski definition) is 6. The lowest BCUT2D eigenvalue weighted by atomic mass is 10.1. The molecule has 4 aromatic rings. The van der Waals surface area contributed by atoms with Crippen LogP contribution in [0.3, 0.4) is 0 Å². The van der Waals surface area contributed by atoms with Crippen molar-refractivity contribution in [1.29, 1.82) is 0 Å². The fourth-order valence-electron chi connectivity index (χ4n) is 2.89. The molecule has 142 valence electrons. The predicted molar refractivity (Wildman–Crippen MR) is 116 cm³/mol. The summed E-state index contributed by atoms with van der Waals surface area (Å²) in [5, 5.41) is 8.37. The average Bonchev–Trinajstić information content (AvgIpc) is 3.22. The van der Waals surface area contributed by atoms with E-state index in [2.05, 4.69) is 10.3 Å². The summed E-state index contributed by atoms with van der Waals surface area (Å²) in [5.74, 6) is 1.59. The van der Waals surface area contributed by atoms with Crippen molar-refractivity contribution in [1.82, 2.24) is 9.97 Å². The lowest BCUT2D eigenvalue weighted by Gasteiger charge is -2.11. The predicted octanol–water partition coefficient (Wildman–Crippen LogP) is 4.69. The zero-order valence-corrected chi connectivity index (χ0v) is 16.9. The van der Waals surface area contributed by atoms with Crippen LogP contribution in [0.25, 0.3) is 22.3 Å². The third-order valence-electron chi connectivity index (χ3n) is 4.36. The van der Waals surface area contributed by atoms with E-state index in [4.69, 9.17) is 4.98 Å². The Hall–Kier alpha value is -2.77.